The standard InChI is InChI=1S/C27H24FNS/c1-3-4-5-19-13-21-6-7-22(15-24(21)14-19)20-8-10-25(18(2)12-20)23-9-11-27(30-17-29)26(28)16-23/h6-12,14-16H,3-5,13H2,1-2H3. The fourth-order valence-corrected chi connectivity index (χ4v) is 4.51. The van der Waals surface area contributed by atoms with Gasteiger partial charge in [-0.2, -0.15) is 5.26 Å². The van der Waals surface area contributed by atoms with Crippen molar-refractivity contribution in [2.75, 3.05) is 0 Å². The normalized spacial score (nSPS) is 12.4. The molecule has 0 unspecified atom stereocenters. The zero-order valence-electron chi connectivity index (χ0n) is 17.3. The lowest BCUT2D eigenvalue weighted by Gasteiger charge is -2.11. The minimum absolute atomic E-state index is 0.355. The smallest absolute Gasteiger partial charge is 0.138 e. The van der Waals surface area contributed by atoms with E-state index in [4.69, 9.17) is 5.26 Å². The van der Waals surface area contributed by atoms with Gasteiger partial charge in [0, 0.05) is 0 Å². The van der Waals surface area contributed by atoms with Crippen LogP contribution in [0.1, 0.15) is 42.9 Å². The number of hydrogen-bond acceptors (Lipinski definition) is 2. The Morgan fingerprint density at radius 3 is 2.50 bits per heavy atom. The molecule has 0 spiro atoms. The predicted molar refractivity (Wildman–Crippen MR) is 125 cm³/mol. The molecular weight excluding hydrogens is 389 g/mol. The minimum Gasteiger partial charge on any atom is -0.206 e. The third-order valence-electron chi connectivity index (χ3n) is 5.73. The molecule has 0 amide bonds. The van der Waals surface area contributed by atoms with Crippen molar-refractivity contribution >= 4 is 17.8 Å². The zero-order valence-corrected chi connectivity index (χ0v) is 18.2. The quantitative estimate of drug-likeness (QED) is 0.300. The first-order chi connectivity index (χ1) is 14.6. The minimum atomic E-state index is -0.355. The Kier molecular flexibility index (Phi) is 6.06. The number of rotatable bonds is 6. The summed E-state index contributed by atoms with van der Waals surface area (Å²) in [5.41, 5.74) is 9.63. The Hall–Kier alpha value is -2.83. The molecule has 0 N–H and O–H groups in total. The van der Waals surface area contributed by atoms with E-state index in [9.17, 15) is 4.39 Å². The van der Waals surface area contributed by atoms with Crippen LogP contribution >= 0.6 is 11.8 Å². The maximum Gasteiger partial charge on any atom is 0.138 e. The summed E-state index contributed by atoms with van der Waals surface area (Å²) in [6, 6.07) is 18.2. The summed E-state index contributed by atoms with van der Waals surface area (Å²) in [6.07, 6.45) is 7.12. The van der Waals surface area contributed by atoms with Gasteiger partial charge in [0.05, 0.1) is 4.90 Å². The molecule has 1 nitrogen and oxygen atoms in total. The van der Waals surface area contributed by atoms with E-state index in [1.165, 1.54) is 53.2 Å². The van der Waals surface area contributed by atoms with Crippen molar-refractivity contribution in [3.8, 4) is 27.7 Å². The molecule has 0 atom stereocenters. The summed E-state index contributed by atoms with van der Waals surface area (Å²) in [5.74, 6) is -0.355. The Balaban J connectivity index is 1.61. The number of hydrogen-bond donors (Lipinski definition) is 0. The van der Waals surface area contributed by atoms with E-state index in [0.29, 0.717) is 4.90 Å². The van der Waals surface area contributed by atoms with Gasteiger partial charge >= 0.3 is 0 Å². The molecule has 0 fully saturated rings. The SMILES string of the molecule is CCCCC1=Cc2cc(-c3ccc(-c4ccc(SC#N)c(F)c4)c(C)c3)ccc2C1. The molecule has 0 radical (unpaired) electrons. The molecule has 3 heteroatoms. The predicted octanol–water partition coefficient (Wildman–Crippen LogP) is 8.17. The molecule has 3 aromatic carbocycles. The molecule has 1 aliphatic carbocycles. The first-order valence-corrected chi connectivity index (χ1v) is 11.2. The summed E-state index contributed by atoms with van der Waals surface area (Å²) >= 11 is 0.850. The van der Waals surface area contributed by atoms with Crippen molar-refractivity contribution in [1.29, 1.82) is 5.26 Å². The van der Waals surface area contributed by atoms with Crippen molar-refractivity contribution in [3.63, 3.8) is 0 Å². The third kappa shape index (κ3) is 4.20. The van der Waals surface area contributed by atoms with Gasteiger partial charge in [0.25, 0.3) is 0 Å². The second-order valence-electron chi connectivity index (χ2n) is 7.86. The molecule has 1 aliphatic rings. The van der Waals surface area contributed by atoms with Crippen molar-refractivity contribution in [2.45, 2.75) is 44.4 Å². The fraction of sp³-hybridized carbons (Fsp3) is 0.222. The van der Waals surface area contributed by atoms with Gasteiger partial charge in [-0.15, -0.1) is 0 Å². The van der Waals surface area contributed by atoms with Gasteiger partial charge in [0.1, 0.15) is 11.2 Å². The van der Waals surface area contributed by atoms with E-state index in [0.717, 1.165) is 34.9 Å². The van der Waals surface area contributed by atoms with Crippen LogP contribution in [0.3, 0.4) is 0 Å². The van der Waals surface area contributed by atoms with Crippen molar-refractivity contribution in [1.82, 2.24) is 0 Å². The molecular formula is C27H24FNS. The lowest BCUT2D eigenvalue weighted by Crippen LogP contribution is -1.89. The van der Waals surface area contributed by atoms with Gasteiger partial charge in [0.2, 0.25) is 0 Å². The van der Waals surface area contributed by atoms with Crippen LogP contribution in [-0.4, -0.2) is 0 Å². The summed E-state index contributed by atoms with van der Waals surface area (Å²) in [4.78, 5) is 0.361. The van der Waals surface area contributed by atoms with E-state index < -0.39 is 0 Å². The van der Waals surface area contributed by atoms with Crippen molar-refractivity contribution in [2.24, 2.45) is 0 Å². The molecule has 0 saturated heterocycles. The molecule has 0 heterocycles. The van der Waals surface area contributed by atoms with Crippen LogP contribution in [0.2, 0.25) is 0 Å². The highest BCUT2D eigenvalue weighted by atomic mass is 32.2. The maximum atomic E-state index is 14.3. The fourth-order valence-electron chi connectivity index (χ4n) is 4.12. The number of benzene rings is 3. The maximum absolute atomic E-state index is 14.3. The largest absolute Gasteiger partial charge is 0.206 e. The number of allylic oxidation sites excluding steroid dienone is 1. The van der Waals surface area contributed by atoms with Gasteiger partial charge in [-0.25, -0.2) is 4.39 Å². The number of nitrogens with zero attached hydrogens (tertiary/aromatic N) is 1. The van der Waals surface area contributed by atoms with E-state index >= 15 is 0 Å². The monoisotopic (exact) mass is 413 g/mol. The summed E-state index contributed by atoms with van der Waals surface area (Å²) in [7, 11) is 0. The number of thiocyanates is 1. The Labute approximate surface area is 182 Å². The number of thioether (sulfide) groups is 1. The molecule has 0 saturated carbocycles. The van der Waals surface area contributed by atoms with Gasteiger partial charge in [-0.3, -0.25) is 0 Å². The lowest BCUT2D eigenvalue weighted by molar-refractivity contribution is 0.603. The number of aryl methyl sites for hydroxylation is 1. The number of halogens is 1. The third-order valence-corrected chi connectivity index (χ3v) is 6.37. The molecule has 30 heavy (non-hydrogen) atoms. The van der Waals surface area contributed by atoms with E-state index in [-0.39, 0.29) is 5.82 Å². The highest BCUT2D eigenvalue weighted by Crippen LogP contribution is 2.34. The van der Waals surface area contributed by atoms with Crippen LogP contribution in [-0.2, 0) is 6.42 Å². The number of unbranched alkanes of at least 4 members (excludes halogenated alkanes) is 1. The summed E-state index contributed by atoms with van der Waals surface area (Å²) in [6.45, 7) is 4.30. The molecule has 4 rings (SSSR count). The second kappa shape index (κ2) is 8.90. The Morgan fingerprint density at radius 2 is 1.77 bits per heavy atom. The van der Waals surface area contributed by atoms with Gasteiger partial charge in [-0.05, 0) is 95.1 Å². The van der Waals surface area contributed by atoms with Gasteiger partial charge < -0.3 is 0 Å². The first-order valence-electron chi connectivity index (χ1n) is 10.4. The average Bonchev–Trinajstić information content (AvgIpc) is 3.16. The topological polar surface area (TPSA) is 23.8 Å². The Bertz CT molecular complexity index is 1170. The van der Waals surface area contributed by atoms with E-state index in [1.54, 1.807) is 6.07 Å². The molecule has 0 aromatic heterocycles. The van der Waals surface area contributed by atoms with Gasteiger partial charge in [-0.1, -0.05) is 61.4 Å². The van der Waals surface area contributed by atoms with Crippen LogP contribution in [0.25, 0.3) is 28.3 Å². The van der Waals surface area contributed by atoms with Crippen molar-refractivity contribution < 1.29 is 4.39 Å². The number of fused-ring (bicyclic) bond motifs is 1. The Morgan fingerprint density at radius 1 is 1.00 bits per heavy atom. The van der Waals surface area contributed by atoms with E-state index in [2.05, 4.69) is 56.3 Å². The lowest BCUT2D eigenvalue weighted by atomic mass is 9.94. The molecule has 0 aliphatic heterocycles. The van der Waals surface area contributed by atoms with Crippen LogP contribution in [0.15, 0.2) is 65.1 Å². The van der Waals surface area contributed by atoms with Crippen LogP contribution < -0.4 is 0 Å². The second-order valence-corrected chi connectivity index (χ2v) is 8.69. The van der Waals surface area contributed by atoms with Crippen molar-refractivity contribution in [3.05, 3.63) is 82.7 Å². The highest BCUT2D eigenvalue weighted by molar-refractivity contribution is 8.03. The first kappa shape index (κ1) is 20.4. The molecule has 150 valence electrons. The van der Waals surface area contributed by atoms with E-state index in [1.807, 2.05) is 11.5 Å². The van der Waals surface area contributed by atoms with Crippen LogP contribution in [0, 0.1) is 23.4 Å². The van der Waals surface area contributed by atoms with Gasteiger partial charge in [0.15, 0.2) is 0 Å². The number of nitriles is 1. The highest BCUT2D eigenvalue weighted by Gasteiger charge is 2.14. The average molecular weight is 414 g/mol. The van der Waals surface area contributed by atoms with Crippen LogP contribution in [0.4, 0.5) is 4.39 Å². The zero-order chi connectivity index (χ0) is 21.1. The summed E-state index contributed by atoms with van der Waals surface area (Å²) < 4.78 is 14.3. The summed E-state index contributed by atoms with van der Waals surface area (Å²) in [5, 5.41) is 10.7. The van der Waals surface area contributed by atoms with Crippen LogP contribution in [0.5, 0.6) is 0 Å². The molecule has 0 bridgehead atoms. The molecule has 3 aromatic rings.